The maximum atomic E-state index is 13.5. The van der Waals surface area contributed by atoms with Crippen LogP contribution in [0, 0.1) is 12.7 Å². The predicted octanol–water partition coefficient (Wildman–Crippen LogP) is 1.89. The van der Waals surface area contributed by atoms with E-state index >= 15 is 0 Å². The second-order valence-electron chi connectivity index (χ2n) is 7.03. The molecule has 4 rings (SSSR count). The van der Waals surface area contributed by atoms with Gasteiger partial charge in [0.1, 0.15) is 18.0 Å². The van der Waals surface area contributed by atoms with Gasteiger partial charge >= 0.3 is 0 Å². The topological polar surface area (TPSA) is 58.6 Å². The van der Waals surface area contributed by atoms with E-state index in [1.54, 1.807) is 12.4 Å². The third-order valence-electron chi connectivity index (χ3n) is 5.30. The first kappa shape index (κ1) is 17.9. The van der Waals surface area contributed by atoms with Gasteiger partial charge in [0.15, 0.2) is 0 Å². The molecule has 1 amide bonds. The van der Waals surface area contributed by atoms with E-state index in [0.29, 0.717) is 26.3 Å². The summed E-state index contributed by atoms with van der Waals surface area (Å²) in [6, 6.07) is 4.58. The molecule has 6 nitrogen and oxygen atoms in total. The SMILES string of the molecule is Cc1ccc(F)cc1CC(=O)N1CCc2c(ncnc2N2CCOCC2)C1. The van der Waals surface area contributed by atoms with Gasteiger partial charge in [0.05, 0.1) is 31.9 Å². The number of amides is 1. The van der Waals surface area contributed by atoms with Gasteiger partial charge in [0.2, 0.25) is 5.91 Å². The van der Waals surface area contributed by atoms with E-state index in [1.165, 1.54) is 12.1 Å². The van der Waals surface area contributed by atoms with Crippen LogP contribution in [0.2, 0.25) is 0 Å². The number of hydrogen-bond acceptors (Lipinski definition) is 5. The summed E-state index contributed by atoms with van der Waals surface area (Å²) in [4.78, 5) is 25.7. The van der Waals surface area contributed by atoms with Crippen molar-refractivity contribution in [1.82, 2.24) is 14.9 Å². The zero-order chi connectivity index (χ0) is 18.8. The zero-order valence-corrected chi connectivity index (χ0v) is 15.4. The number of carbonyl (C=O) groups is 1. The van der Waals surface area contributed by atoms with E-state index in [2.05, 4.69) is 14.9 Å². The minimum absolute atomic E-state index is 0.000819. The Labute approximate surface area is 158 Å². The van der Waals surface area contributed by atoms with Gasteiger partial charge in [0, 0.05) is 25.2 Å². The number of benzene rings is 1. The highest BCUT2D eigenvalue weighted by atomic mass is 19.1. The lowest BCUT2D eigenvalue weighted by atomic mass is 10.0. The third-order valence-corrected chi connectivity index (χ3v) is 5.30. The van der Waals surface area contributed by atoms with E-state index in [4.69, 9.17) is 4.74 Å². The van der Waals surface area contributed by atoms with Crippen molar-refractivity contribution < 1.29 is 13.9 Å². The zero-order valence-electron chi connectivity index (χ0n) is 15.4. The molecule has 0 spiro atoms. The number of carbonyl (C=O) groups excluding carboxylic acids is 1. The summed E-state index contributed by atoms with van der Waals surface area (Å²) >= 11 is 0. The van der Waals surface area contributed by atoms with Gasteiger partial charge in [-0.1, -0.05) is 6.07 Å². The summed E-state index contributed by atoms with van der Waals surface area (Å²) in [6.07, 6.45) is 2.52. The molecule has 1 fully saturated rings. The smallest absolute Gasteiger partial charge is 0.227 e. The van der Waals surface area contributed by atoms with Crippen molar-refractivity contribution in [2.45, 2.75) is 26.3 Å². The molecule has 2 aliphatic heterocycles. The Hall–Kier alpha value is -2.54. The molecule has 7 heteroatoms. The number of ether oxygens (including phenoxy) is 1. The molecule has 27 heavy (non-hydrogen) atoms. The quantitative estimate of drug-likeness (QED) is 0.826. The minimum atomic E-state index is -0.310. The first-order chi connectivity index (χ1) is 13.1. The molecule has 0 aliphatic carbocycles. The van der Waals surface area contributed by atoms with Crippen molar-refractivity contribution in [1.29, 1.82) is 0 Å². The Morgan fingerprint density at radius 1 is 1.22 bits per heavy atom. The Kier molecular flexibility index (Phi) is 5.03. The Morgan fingerprint density at radius 3 is 2.85 bits per heavy atom. The highest BCUT2D eigenvalue weighted by Gasteiger charge is 2.27. The van der Waals surface area contributed by atoms with Crippen molar-refractivity contribution in [2.24, 2.45) is 0 Å². The number of rotatable bonds is 3. The van der Waals surface area contributed by atoms with Crippen LogP contribution in [0.15, 0.2) is 24.5 Å². The van der Waals surface area contributed by atoms with Crippen LogP contribution in [0.25, 0.3) is 0 Å². The van der Waals surface area contributed by atoms with Gasteiger partial charge in [-0.25, -0.2) is 14.4 Å². The summed E-state index contributed by atoms with van der Waals surface area (Å²) in [5.41, 5.74) is 3.70. The fraction of sp³-hybridized carbons (Fsp3) is 0.450. The maximum Gasteiger partial charge on any atom is 0.227 e. The number of halogens is 1. The standard InChI is InChI=1S/C20H23FN4O2/c1-14-2-3-16(21)10-15(14)11-19(26)25-5-4-17-18(12-25)22-13-23-20(17)24-6-8-27-9-7-24/h2-3,10,13H,4-9,11-12H2,1H3. The molecule has 0 radical (unpaired) electrons. The number of fused-ring (bicyclic) bond motifs is 1. The number of aromatic nitrogens is 2. The second kappa shape index (κ2) is 7.60. The van der Waals surface area contributed by atoms with Crippen LogP contribution in [0.4, 0.5) is 10.2 Å². The van der Waals surface area contributed by atoms with Crippen LogP contribution in [0.1, 0.15) is 22.4 Å². The van der Waals surface area contributed by atoms with Crippen LogP contribution in [0.5, 0.6) is 0 Å². The van der Waals surface area contributed by atoms with Crippen molar-refractivity contribution in [3.63, 3.8) is 0 Å². The fourth-order valence-corrected chi connectivity index (χ4v) is 3.70. The second-order valence-corrected chi connectivity index (χ2v) is 7.03. The summed E-state index contributed by atoms with van der Waals surface area (Å²) < 4.78 is 18.9. The van der Waals surface area contributed by atoms with Crippen molar-refractivity contribution in [3.05, 3.63) is 52.7 Å². The van der Waals surface area contributed by atoms with Gasteiger partial charge < -0.3 is 14.5 Å². The summed E-state index contributed by atoms with van der Waals surface area (Å²) in [5.74, 6) is 0.660. The number of nitrogens with zero attached hydrogens (tertiary/aromatic N) is 4. The summed E-state index contributed by atoms with van der Waals surface area (Å²) in [6.45, 7) is 6.06. The van der Waals surface area contributed by atoms with Gasteiger partial charge in [0.25, 0.3) is 0 Å². The first-order valence-corrected chi connectivity index (χ1v) is 9.30. The van der Waals surface area contributed by atoms with E-state index < -0.39 is 0 Å². The number of hydrogen-bond donors (Lipinski definition) is 0. The lowest BCUT2D eigenvalue weighted by Crippen LogP contribution is -2.41. The molecule has 0 saturated carbocycles. The first-order valence-electron chi connectivity index (χ1n) is 9.30. The molecule has 2 aromatic rings. The fourth-order valence-electron chi connectivity index (χ4n) is 3.70. The van der Waals surface area contributed by atoms with Crippen LogP contribution >= 0.6 is 0 Å². The maximum absolute atomic E-state index is 13.5. The summed E-state index contributed by atoms with van der Waals surface area (Å²) in [5, 5.41) is 0. The Balaban J connectivity index is 1.49. The minimum Gasteiger partial charge on any atom is -0.378 e. The average Bonchev–Trinajstić information content (AvgIpc) is 2.70. The molecule has 0 N–H and O–H groups in total. The highest BCUT2D eigenvalue weighted by molar-refractivity contribution is 5.79. The molecule has 3 heterocycles. The molecule has 2 aliphatic rings. The normalized spacial score (nSPS) is 17.0. The Bertz CT molecular complexity index is 852. The molecule has 0 unspecified atom stereocenters. The van der Waals surface area contributed by atoms with Gasteiger partial charge in [-0.3, -0.25) is 4.79 Å². The van der Waals surface area contributed by atoms with Gasteiger partial charge in [-0.05, 0) is 36.6 Å². The third kappa shape index (κ3) is 3.78. The van der Waals surface area contributed by atoms with Crippen LogP contribution in [0.3, 0.4) is 0 Å². The largest absolute Gasteiger partial charge is 0.378 e. The molecule has 142 valence electrons. The highest BCUT2D eigenvalue weighted by Crippen LogP contribution is 2.26. The van der Waals surface area contributed by atoms with E-state index in [1.807, 2.05) is 11.8 Å². The van der Waals surface area contributed by atoms with Crippen LogP contribution in [-0.4, -0.2) is 53.6 Å². The molecular weight excluding hydrogens is 347 g/mol. The molecule has 0 atom stereocenters. The van der Waals surface area contributed by atoms with Gasteiger partial charge in [-0.2, -0.15) is 0 Å². The molecular formula is C20H23FN4O2. The average molecular weight is 370 g/mol. The van der Waals surface area contributed by atoms with Crippen LogP contribution < -0.4 is 4.90 Å². The van der Waals surface area contributed by atoms with E-state index in [-0.39, 0.29) is 18.1 Å². The predicted molar refractivity (Wildman–Crippen MR) is 99.0 cm³/mol. The molecule has 1 aromatic carbocycles. The molecule has 0 bridgehead atoms. The Morgan fingerprint density at radius 2 is 2.04 bits per heavy atom. The van der Waals surface area contributed by atoms with E-state index in [0.717, 1.165) is 47.7 Å². The molecule has 1 saturated heterocycles. The number of anilines is 1. The lowest BCUT2D eigenvalue weighted by Gasteiger charge is -2.33. The molecule has 1 aromatic heterocycles. The number of aryl methyl sites for hydroxylation is 1. The van der Waals surface area contributed by atoms with E-state index in [9.17, 15) is 9.18 Å². The van der Waals surface area contributed by atoms with Crippen molar-refractivity contribution in [3.8, 4) is 0 Å². The van der Waals surface area contributed by atoms with Gasteiger partial charge in [-0.15, -0.1) is 0 Å². The summed E-state index contributed by atoms with van der Waals surface area (Å²) in [7, 11) is 0. The van der Waals surface area contributed by atoms with Crippen LogP contribution in [-0.2, 0) is 28.9 Å². The van der Waals surface area contributed by atoms with Crippen molar-refractivity contribution >= 4 is 11.7 Å². The number of morpholine rings is 1. The lowest BCUT2D eigenvalue weighted by molar-refractivity contribution is -0.131. The van der Waals surface area contributed by atoms with Crippen molar-refractivity contribution in [2.75, 3.05) is 37.7 Å². The monoisotopic (exact) mass is 370 g/mol.